The number of aromatic nitrogens is 1. The molecular formula is C14H16N2O2. The second-order valence-corrected chi connectivity index (χ2v) is 4.20. The first-order chi connectivity index (χ1) is 8.72. The fourth-order valence-electron chi connectivity index (χ4n) is 1.95. The number of benzene rings is 1. The zero-order chi connectivity index (χ0) is 13.0. The Morgan fingerprint density at radius 2 is 2.17 bits per heavy atom. The summed E-state index contributed by atoms with van der Waals surface area (Å²) in [6.07, 6.45) is 3.09. The lowest BCUT2D eigenvalue weighted by Crippen LogP contribution is -2.29. The molecule has 0 amide bonds. The number of fused-ring (bicyclic) bond motifs is 1. The summed E-state index contributed by atoms with van der Waals surface area (Å²) in [7, 11) is 0. The molecule has 4 heteroatoms. The van der Waals surface area contributed by atoms with Gasteiger partial charge in [-0.3, -0.25) is 0 Å². The highest BCUT2D eigenvalue weighted by Crippen LogP contribution is 2.21. The molecule has 0 aliphatic carbocycles. The van der Waals surface area contributed by atoms with Gasteiger partial charge in [0.1, 0.15) is 11.9 Å². The van der Waals surface area contributed by atoms with Crippen LogP contribution in [0, 0.1) is 0 Å². The van der Waals surface area contributed by atoms with Crippen molar-refractivity contribution in [2.45, 2.75) is 25.8 Å². The van der Waals surface area contributed by atoms with Gasteiger partial charge in [0.2, 0.25) is 0 Å². The Balaban J connectivity index is 2.33. The minimum Gasteiger partial charge on any atom is -0.480 e. The summed E-state index contributed by atoms with van der Waals surface area (Å²) in [4.78, 5) is 15.4. The van der Waals surface area contributed by atoms with Gasteiger partial charge in [-0.1, -0.05) is 37.6 Å². The average Bonchev–Trinajstić information content (AvgIpc) is 2.38. The van der Waals surface area contributed by atoms with E-state index in [-0.39, 0.29) is 0 Å². The predicted molar refractivity (Wildman–Crippen MR) is 71.7 cm³/mol. The lowest BCUT2D eigenvalue weighted by atomic mass is 10.1. The molecule has 2 aromatic rings. The lowest BCUT2D eigenvalue weighted by molar-refractivity contribution is -0.138. The molecule has 18 heavy (non-hydrogen) atoms. The van der Waals surface area contributed by atoms with Crippen molar-refractivity contribution < 1.29 is 9.90 Å². The van der Waals surface area contributed by atoms with Gasteiger partial charge in [0.05, 0.1) is 0 Å². The van der Waals surface area contributed by atoms with Crippen LogP contribution in [0.5, 0.6) is 0 Å². The van der Waals surface area contributed by atoms with Crippen LogP contribution in [0.15, 0.2) is 36.5 Å². The number of hydrogen-bond acceptors (Lipinski definition) is 3. The van der Waals surface area contributed by atoms with Crippen LogP contribution in [0.4, 0.5) is 5.82 Å². The Hall–Kier alpha value is -2.10. The van der Waals surface area contributed by atoms with Crippen molar-refractivity contribution >= 4 is 22.6 Å². The van der Waals surface area contributed by atoms with Crippen LogP contribution in [0.2, 0.25) is 0 Å². The van der Waals surface area contributed by atoms with Gasteiger partial charge in [0.15, 0.2) is 0 Å². The number of carbonyl (C=O) groups is 1. The van der Waals surface area contributed by atoms with Gasteiger partial charge < -0.3 is 10.4 Å². The van der Waals surface area contributed by atoms with Crippen LogP contribution < -0.4 is 5.32 Å². The zero-order valence-electron chi connectivity index (χ0n) is 10.3. The van der Waals surface area contributed by atoms with Crippen LogP contribution in [0.1, 0.15) is 19.8 Å². The maximum Gasteiger partial charge on any atom is 0.326 e. The second kappa shape index (κ2) is 5.49. The Morgan fingerprint density at radius 3 is 2.89 bits per heavy atom. The number of pyridine rings is 1. The molecule has 0 radical (unpaired) electrons. The van der Waals surface area contributed by atoms with Crippen LogP contribution in [-0.4, -0.2) is 22.1 Å². The molecule has 0 spiro atoms. The maximum atomic E-state index is 11.1. The third kappa shape index (κ3) is 2.59. The first kappa shape index (κ1) is 12.4. The molecule has 2 rings (SSSR count). The van der Waals surface area contributed by atoms with E-state index in [1.165, 1.54) is 0 Å². The number of rotatable bonds is 5. The van der Waals surface area contributed by atoms with E-state index >= 15 is 0 Å². The van der Waals surface area contributed by atoms with E-state index < -0.39 is 12.0 Å². The number of anilines is 1. The van der Waals surface area contributed by atoms with Crippen molar-refractivity contribution in [1.29, 1.82) is 0 Å². The van der Waals surface area contributed by atoms with Crippen LogP contribution in [0.3, 0.4) is 0 Å². The molecule has 1 atom stereocenters. The van der Waals surface area contributed by atoms with E-state index in [0.29, 0.717) is 12.2 Å². The highest BCUT2D eigenvalue weighted by Gasteiger charge is 2.17. The summed E-state index contributed by atoms with van der Waals surface area (Å²) in [5.74, 6) is -0.208. The molecule has 0 saturated heterocycles. The van der Waals surface area contributed by atoms with Gasteiger partial charge >= 0.3 is 5.97 Å². The lowest BCUT2D eigenvalue weighted by Gasteiger charge is -2.15. The second-order valence-electron chi connectivity index (χ2n) is 4.20. The fraction of sp³-hybridized carbons (Fsp3) is 0.286. The van der Waals surface area contributed by atoms with Gasteiger partial charge in [-0.15, -0.1) is 0 Å². The summed E-state index contributed by atoms with van der Waals surface area (Å²) >= 11 is 0. The molecule has 0 saturated carbocycles. The van der Waals surface area contributed by atoms with Gasteiger partial charge in [-0.2, -0.15) is 0 Å². The van der Waals surface area contributed by atoms with Crippen molar-refractivity contribution in [2.75, 3.05) is 5.32 Å². The van der Waals surface area contributed by atoms with Crippen molar-refractivity contribution in [3.63, 3.8) is 0 Å². The topological polar surface area (TPSA) is 62.2 Å². The molecule has 0 aliphatic heterocycles. The van der Waals surface area contributed by atoms with Crippen LogP contribution in [0.25, 0.3) is 10.8 Å². The standard InChI is InChI=1S/C14H16N2O2/c1-2-5-12(14(17)18)16-13-11-7-4-3-6-10(11)8-9-15-13/h3-4,6-9,12H,2,5H2,1H3,(H,15,16)(H,17,18). The molecule has 1 aromatic carbocycles. The number of hydrogen-bond donors (Lipinski definition) is 2. The zero-order valence-corrected chi connectivity index (χ0v) is 10.3. The van der Waals surface area contributed by atoms with E-state index in [1.54, 1.807) is 6.20 Å². The van der Waals surface area contributed by atoms with Gasteiger partial charge in [-0.05, 0) is 17.9 Å². The number of nitrogens with zero attached hydrogens (tertiary/aromatic N) is 1. The van der Waals surface area contributed by atoms with Gasteiger partial charge in [0, 0.05) is 11.6 Å². The van der Waals surface area contributed by atoms with E-state index in [4.69, 9.17) is 5.11 Å². The minimum absolute atomic E-state index is 0.584. The van der Waals surface area contributed by atoms with E-state index in [2.05, 4.69) is 10.3 Å². The third-order valence-electron chi connectivity index (χ3n) is 2.86. The quantitative estimate of drug-likeness (QED) is 0.849. The minimum atomic E-state index is -0.841. The summed E-state index contributed by atoms with van der Waals surface area (Å²) in [5.41, 5.74) is 0. The van der Waals surface area contributed by atoms with Gasteiger partial charge in [0.25, 0.3) is 0 Å². The van der Waals surface area contributed by atoms with Crippen molar-refractivity contribution in [1.82, 2.24) is 4.98 Å². The largest absolute Gasteiger partial charge is 0.480 e. The molecule has 0 aliphatic rings. The van der Waals surface area contributed by atoms with E-state index in [0.717, 1.165) is 17.2 Å². The number of nitrogens with one attached hydrogen (secondary N) is 1. The van der Waals surface area contributed by atoms with Gasteiger partial charge in [-0.25, -0.2) is 9.78 Å². The number of aliphatic carboxylic acids is 1. The summed E-state index contributed by atoms with van der Waals surface area (Å²) in [5, 5.41) is 14.2. The van der Waals surface area contributed by atoms with Crippen molar-refractivity contribution in [3.05, 3.63) is 36.5 Å². The molecule has 1 aromatic heterocycles. The Labute approximate surface area is 106 Å². The molecule has 2 N–H and O–H groups in total. The van der Waals surface area contributed by atoms with E-state index in [9.17, 15) is 4.79 Å². The SMILES string of the molecule is CCCC(Nc1nccc2ccccc12)C(=O)O. The highest BCUT2D eigenvalue weighted by molar-refractivity contribution is 5.93. The number of carboxylic acids is 1. The molecule has 1 unspecified atom stereocenters. The first-order valence-electron chi connectivity index (χ1n) is 6.05. The summed E-state index contributed by atoms with van der Waals surface area (Å²) in [6.45, 7) is 1.97. The monoisotopic (exact) mass is 244 g/mol. The average molecular weight is 244 g/mol. The first-order valence-corrected chi connectivity index (χ1v) is 6.05. The summed E-state index contributed by atoms with van der Waals surface area (Å²) in [6, 6.07) is 9.12. The van der Waals surface area contributed by atoms with Crippen molar-refractivity contribution in [3.8, 4) is 0 Å². The molecule has 1 heterocycles. The molecule has 0 fully saturated rings. The third-order valence-corrected chi connectivity index (χ3v) is 2.86. The van der Waals surface area contributed by atoms with E-state index in [1.807, 2.05) is 37.3 Å². The fourth-order valence-corrected chi connectivity index (χ4v) is 1.95. The predicted octanol–water partition coefficient (Wildman–Crippen LogP) is 2.90. The maximum absolute atomic E-state index is 11.1. The smallest absolute Gasteiger partial charge is 0.326 e. The van der Waals surface area contributed by atoms with Crippen LogP contribution in [-0.2, 0) is 4.79 Å². The Bertz CT molecular complexity index is 549. The molecule has 4 nitrogen and oxygen atoms in total. The van der Waals surface area contributed by atoms with Crippen LogP contribution >= 0.6 is 0 Å². The molecule has 0 bridgehead atoms. The highest BCUT2D eigenvalue weighted by atomic mass is 16.4. The van der Waals surface area contributed by atoms with Crippen molar-refractivity contribution in [2.24, 2.45) is 0 Å². The molecular weight excluding hydrogens is 228 g/mol. The Kier molecular flexibility index (Phi) is 3.77. The Morgan fingerprint density at radius 1 is 1.39 bits per heavy atom. The summed E-state index contributed by atoms with van der Waals surface area (Å²) < 4.78 is 0. The molecule has 94 valence electrons. The number of carboxylic acid groups (broad SMARTS) is 1. The normalized spacial score (nSPS) is 12.3.